The van der Waals surface area contributed by atoms with Crippen molar-refractivity contribution in [3.05, 3.63) is 36.0 Å². The zero-order chi connectivity index (χ0) is 31.8. The number of likely N-dealkylation sites (tertiary alicyclic amines) is 1. The van der Waals surface area contributed by atoms with Crippen LogP contribution in [0.5, 0.6) is 5.75 Å². The molecule has 2 aromatic rings. The van der Waals surface area contributed by atoms with Crippen LogP contribution in [0.1, 0.15) is 62.4 Å². The number of nitrogens with one attached hydrogen (secondary N) is 2. The minimum absolute atomic E-state index is 0.0440. The van der Waals surface area contributed by atoms with E-state index in [0.29, 0.717) is 62.4 Å². The predicted octanol–water partition coefficient (Wildman–Crippen LogP) is 2.08. The number of pyridine rings is 1. The van der Waals surface area contributed by atoms with Crippen molar-refractivity contribution < 1.29 is 33.4 Å². The third kappa shape index (κ3) is 8.00. The first-order valence-corrected chi connectivity index (χ1v) is 15.9. The molecule has 5 rings (SSSR count). The number of carbonyl (C=O) groups is 5. The van der Waals surface area contributed by atoms with Gasteiger partial charge in [-0.2, -0.15) is 0 Å². The third-order valence-electron chi connectivity index (χ3n) is 8.60. The van der Waals surface area contributed by atoms with Crippen LogP contribution in [0.3, 0.4) is 0 Å². The maximum Gasteiger partial charge on any atom is 0.409 e. The maximum absolute atomic E-state index is 13.2. The summed E-state index contributed by atoms with van der Waals surface area (Å²) in [5.74, 6) is -0.933. The van der Waals surface area contributed by atoms with Gasteiger partial charge in [0.2, 0.25) is 11.8 Å². The second-order valence-electron chi connectivity index (χ2n) is 11.7. The molecule has 1 aromatic carbocycles. The lowest BCUT2D eigenvalue weighted by Gasteiger charge is -2.34. The highest BCUT2D eigenvalue weighted by atomic mass is 16.6. The molecule has 1 aliphatic carbocycles. The monoisotopic (exact) mass is 622 g/mol. The van der Waals surface area contributed by atoms with Gasteiger partial charge in [0.05, 0.1) is 18.7 Å². The van der Waals surface area contributed by atoms with Gasteiger partial charge in [-0.05, 0) is 50.7 Å². The molecule has 2 N–H and O–H groups in total. The molecule has 13 nitrogen and oxygen atoms in total. The van der Waals surface area contributed by atoms with Gasteiger partial charge in [-0.25, -0.2) is 9.78 Å². The molecule has 2 saturated heterocycles. The Kier molecular flexibility index (Phi) is 10.7. The number of amides is 5. The second-order valence-corrected chi connectivity index (χ2v) is 11.7. The predicted molar refractivity (Wildman–Crippen MR) is 164 cm³/mol. The number of unbranched alkanes of at least 4 members (excludes halogenated alkanes) is 1. The number of aromatic nitrogens is 1. The standard InChI is InChI=1S/C32H42N6O7/c1-2-3-18-44-32(43)37-16-14-36(15-17-37)28(39)20-33-30(41)25-19-27(23-10-4-5-11-24(23)35-25)45-21-29(40)38-13-7-12-26(38)31(42)34-22-8-6-9-22/h4-5,10-11,19,22,26H,2-3,6-9,12-18,20-21H2,1H3,(H,33,41)(H,34,42)/t26-/m0/s1. The van der Waals surface area contributed by atoms with Crippen LogP contribution in [-0.2, 0) is 19.1 Å². The van der Waals surface area contributed by atoms with Crippen molar-refractivity contribution in [1.82, 2.24) is 30.3 Å². The number of fused-ring (bicyclic) bond motifs is 1. The van der Waals surface area contributed by atoms with Crippen molar-refractivity contribution in [3.8, 4) is 5.75 Å². The van der Waals surface area contributed by atoms with E-state index in [-0.39, 0.29) is 48.7 Å². The van der Waals surface area contributed by atoms with Crippen molar-refractivity contribution in [1.29, 1.82) is 0 Å². The van der Waals surface area contributed by atoms with Gasteiger partial charge in [-0.3, -0.25) is 19.2 Å². The molecule has 0 unspecified atom stereocenters. The summed E-state index contributed by atoms with van der Waals surface area (Å²) >= 11 is 0. The molecule has 0 bridgehead atoms. The zero-order valence-electron chi connectivity index (χ0n) is 25.8. The first-order chi connectivity index (χ1) is 21.8. The average Bonchev–Trinajstić information content (AvgIpc) is 3.54. The Morgan fingerprint density at radius 2 is 1.69 bits per heavy atom. The van der Waals surface area contributed by atoms with Gasteiger partial charge in [-0.1, -0.05) is 25.5 Å². The molecule has 2 aliphatic heterocycles. The largest absolute Gasteiger partial charge is 0.483 e. The molecule has 45 heavy (non-hydrogen) atoms. The lowest BCUT2D eigenvalue weighted by Crippen LogP contribution is -2.52. The summed E-state index contributed by atoms with van der Waals surface area (Å²) in [7, 11) is 0. The zero-order valence-corrected chi connectivity index (χ0v) is 25.8. The normalized spacial score (nSPS) is 18.3. The van der Waals surface area contributed by atoms with E-state index in [4.69, 9.17) is 9.47 Å². The topological polar surface area (TPSA) is 150 Å². The fourth-order valence-electron chi connectivity index (χ4n) is 5.68. The van der Waals surface area contributed by atoms with Crippen molar-refractivity contribution in [2.45, 2.75) is 64.0 Å². The Balaban J connectivity index is 1.15. The molecular formula is C32H42N6O7. The van der Waals surface area contributed by atoms with E-state index >= 15 is 0 Å². The maximum atomic E-state index is 13.2. The van der Waals surface area contributed by atoms with Gasteiger partial charge in [0, 0.05) is 50.2 Å². The molecule has 3 heterocycles. The molecule has 5 amide bonds. The highest BCUT2D eigenvalue weighted by Gasteiger charge is 2.36. The number of piperazine rings is 1. The number of rotatable bonds is 11. The first kappa shape index (κ1) is 32.0. The summed E-state index contributed by atoms with van der Waals surface area (Å²) in [5.41, 5.74) is 0.544. The smallest absolute Gasteiger partial charge is 0.409 e. The van der Waals surface area contributed by atoms with Crippen LogP contribution in [0.25, 0.3) is 10.9 Å². The lowest BCUT2D eigenvalue weighted by atomic mass is 9.93. The Morgan fingerprint density at radius 1 is 0.933 bits per heavy atom. The summed E-state index contributed by atoms with van der Waals surface area (Å²) in [6.07, 6.45) is 5.79. The lowest BCUT2D eigenvalue weighted by molar-refractivity contribution is -0.140. The van der Waals surface area contributed by atoms with Gasteiger partial charge in [0.15, 0.2) is 6.61 Å². The number of hydrogen-bond acceptors (Lipinski definition) is 8. The Labute approximate surface area is 262 Å². The van der Waals surface area contributed by atoms with Gasteiger partial charge in [0.1, 0.15) is 17.5 Å². The van der Waals surface area contributed by atoms with E-state index < -0.39 is 11.9 Å². The van der Waals surface area contributed by atoms with Gasteiger partial charge in [-0.15, -0.1) is 0 Å². The van der Waals surface area contributed by atoms with Crippen molar-refractivity contribution in [2.75, 3.05) is 52.5 Å². The summed E-state index contributed by atoms with van der Waals surface area (Å²) in [6, 6.07) is 8.27. The van der Waals surface area contributed by atoms with E-state index in [2.05, 4.69) is 15.6 Å². The van der Waals surface area contributed by atoms with E-state index in [1.54, 1.807) is 32.9 Å². The number of hydrogen-bond donors (Lipinski definition) is 2. The number of carbonyl (C=O) groups excluding carboxylic acids is 5. The minimum atomic E-state index is -0.560. The molecule has 13 heteroatoms. The van der Waals surface area contributed by atoms with Crippen LogP contribution in [0, 0.1) is 0 Å². The Morgan fingerprint density at radius 3 is 2.42 bits per heavy atom. The highest BCUT2D eigenvalue weighted by molar-refractivity contribution is 5.98. The molecular weight excluding hydrogens is 580 g/mol. The van der Waals surface area contributed by atoms with E-state index in [1.165, 1.54) is 6.07 Å². The molecule has 3 aliphatic rings. The number of para-hydroxylation sites is 1. The molecule has 1 atom stereocenters. The Bertz CT molecular complexity index is 1410. The molecule has 0 radical (unpaired) electrons. The SMILES string of the molecule is CCCCOC(=O)N1CCN(C(=O)CNC(=O)c2cc(OCC(=O)N3CCC[C@H]3C(=O)NC3CCC3)c3ccccc3n2)CC1. The second kappa shape index (κ2) is 15.0. The summed E-state index contributed by atoms with van der Waals surface area (Å²) < 4.78 is 11.2. The first-order valence-electron chi connectivity index (χ1n) is 15.9. The molecule has 3 fully saturated rings. The van der Waals surface area contributed by atoms with Gasteiger partial charge >= 0.3 is 6.09 Å². The van der Waals surface area contributed by atoms with Crippen molar-refractivity contribution >= 4 is 40.6 Å². The minimum Gasteiger partial charge on any atom is -0.483 e. The average molecular weight is 623 g/mol. The number of nitrogens with zero attached hydrogens (tertiary/aromatic N) is 4. The summed E-state index contributed by atoms with van der Waals surface area (Å²) in [5, 5.41) is 6.31. The fourth-order valence-corrected chi connectivity index (χ4v) is 5.68. The summed E-state index contributed by atoms with van der Waals surface area (Å²) in [4.78, 5) is 73.2. The van der Waals surface area contributed by atoms with Crippen LogP contribution in [0.2, 0.25) is 0 Å². The van der Waals surface area contributed by atoms with Crippen LogP contribution in [0.15, 0.2) is 30.3 Å². The Hall–Kier alpha value is -4.42. The fraction of sp³-hybridized carbons (Fsp3) is 0.562. The third-order valence-corrected chi connectivity index (χ3v) is 8.60. The molecule has 1 saturated carbocycles. The van der Waals surface area contributed by atoms with Crippen LogP contribution >= 0.6 is 0 Å². The van der Waals surface area contributed by atoms with Crippen LogP contribution in [-0.4, -0.2) is 114 Å². The number of ether oxygens (including phenoxy) is 2. The molecule has 0 spiro atoms. The van der Waals surface area contributed by atoms with Gasteiger partial charge < -0.3 is 34.8 Å². The van der Waals surface area contributed by atoms with Crippen LogP contribution in [0.4, 0.5) is 4.79 Å². The van der Waals surface area contributed by atoms with Crippen molar-refractivity contribution in [2.24, 2.45) is 0 Å². The number of benzene rings is 1. The highest BCUT2D eigenvalue weighted by Crippen LogP contribution is 2.27. The van der Waals surface area contributed by atoms with Crippen molar-refractivity contribution in [3.63, 3.8) is 0 Å². The van der Waals surface area contributed by atoms with E-state index in [1.807, 2.05) is 13.0 Å². The van der Waals surface area contributed by atoms with Crippen LogP contribution < -0.4 is 15.4 Å². The van der Waals surface area contributed by atoms with Gasteiger partial charge in [0.25, 0.3) is 11.8 Å². The molecule has 1 aromatic heterocycles. The van der Waals surface area contributed by atoms with E-state index in [0.717, 1.165) is 38.5 Å². The summed E-state index contributed by atoms with van der Waals surface area (Å²) in [6.45, 7) is 3.77. The quantitative estimate of drug-likeness (QED) is 0.362. The molecule has 242 valence electrons. The van der Waals surface area contributed by atoms with E-state index in [9.17, 15) is 24.0 Å².